The van der Waals surface area contributed by atoms with Crippen LogP contribution in [0.25, 0.3) is 0 Å². The van der Waals surface area contributed by atoms with Crippen LogP contribution < -0.4 is 5.32 Å². The molecule has 0 radical (unpaired) electrons. The molecule has 0 aliphatic carbocycles. The average Bonchev–Trinajstić information content (AvgIpc) is 2.49. The van der Waals surface area contributed by atoms with E-state index in [-0.39, 0.29) is 23.8 Å². The molecule has 0 bridgehead atoms. The highest BCUT2D eigenvalue weighted by atomic mass is 16.3. The Kier molecular flexibility index (Phi) is 5.13. The molecule has 2 N–H and O–H groups in total. The minimum Gasteiger partial charge on any atom is -0.391 e. The van der Waals surface area contributed by atoms with Gasteiger partial charge in [0, 0.05) is 30.3 Å². The van der Waals surface area contributed by atoms with Crippen LogP contribution in [0.5, 0.6) is 0 Å². The maximum absolute atomic E-state index is 12.6. The van der Waals surface area contributed by atoms with Gasteiger partial charge in [-0.3, -0.25) is 9.59 Å². The first-order valence-electron chi connectivity index (χ1n) is 7.64. The topological polar surface area (TPSA) is 82.5 Å². The van der Waals surface area contributed by atoms with E-state index in [9.17, 15) is 14.7 Å². The van der Waals surface area contributed by atoms with E-state index in [0.717, 1.165) is 12.8 Å². The van der Waals surface area contributed by atoms with Gasteiger partial charge in [0.25, 0.3) is 5.91 Å². The SMILES string of the molecule is CC(C)C(=O)Nc1cc(C(=O)N2C[C@@H](O)CC[C@@H]2C)ccn1. The molecule has 22 heavy (non-hydrogen) atoms. The lowest BCUT2D eigenvalue weighted by atomic mass is 10.0. The Bertz CT molecular complexity index is 559. The van der Waals surface area contributed by atoms with Crippen molar-refractivity contribution in [2.24, 2.45) is 5.92 Å². The van der Waals surface area contributed by atoms with Gasteiger partial charge in [-0.05, 0) is 31.9 Å². The molecule has 0 unspecified atom stereocenters. The highest BCUT2D eigenvalue weighted by Gasteiger charge is 2.28. The summed E-state index contributed by atoms with van der Waals surface area (Å²) in [5, 5.41) is 12.5. The van der Waals surface area contributed by atoms with Crippen LogP contribution in [0.2, 0.25) is 0 Å². The number of likely N-dealkylation sites (tertiary alicyclic amines) is 1. The fraction of sp³-hybridized carbons (Fsp3) is 0.562. The number of hydrogen-bond donors (Lipinski definition) is 2. The number of β-amino-alcohol motifs (C(OH)–C–C–N with tert-alkyl or cyclic N) is 1. The molecule has 1 aliphatic heterocycles. The molecule has 2 rings (SSSR count). The average molecular weight is 305 g/mol. The van der Waals surface area contributed by atoms with Gasteiger partial charge in [-0.2, -0.15) is 0 Å². The van der Waals surface area contributed by atoms with E-state index in [1.54, 1.807) is 30.9 Å². The zero-order chi connectivity index (χ0) is 16.3. The minimum atomic E-state index is -0.470. The number of nitrogens with one attached hydrogen (secondary N) is 1. The number of hydrogen-bond acceptors (Lipinski definition) is 4. The van der Waals surface area contributed by atoms with Gasteiger partial charge in [-0.25, -0.2) is 4.98 Å². The first-order valence-corrected chi connectivity index (χ1v) is 7.64. The molecule has 6 nitrogen and oxygen atoms in total. The summed E-state index contributed by atoms with van der Waals surface area (Å²) in [5.41, 5.74) is 0.468. The number of carbonyl (C=O) groups is 2. The molecule has 1 aromatic heterocycles. The monoisotopic (exact) mass is 305 g/mol. The molecule has 1 saturated heterocycles. The van der Waals surface area contributed by atoms with Crippen LogP contribution in [-0.4, -0.2) is 45.5 Å². The van der Waals surface area contributed by atoms with E-state index in [1.165, 1.54) is 6.20 Å². The minimum absolute atomic E-state index is 0.0952. The van der Waals surface area contributed by atoms with Crippen LogP contribution in [0.4, 0.5) is 5.82 Å². The Hall–Kier alpha value is -1.95. The van der Waals surface area contributed by atoms with Gasteiger partial charge in [0.2, 0.25) is 5.91 Å². The van der Waals surface area contributed by atoms with Crippen molar-refractivity contribution >= 4 is 17.6 Å². The number of rotatable bonds is 3. The van der Waals surface area contributed by atoms with E-state index >= 15 is 0 Å². The number of aliphatic hydroxyl groups is 1. The second-order valence-corrected chi connectivity index (χ2v) is 6.11. The fourth-order valence-electron chi connectivity index (χ4n) is 2.44. The Labute approximate surface area is 130 Å². The van der Waals surface area contributed by atoms with Crippen molar-refractivity contribution in [3.63, 3.8) is 0 Å². The summed E-state index contributed by atoms with van der Waals surface area (Å²) < 4.78 is 0. The van der Waals surface area contributed by atoms with Gasteiger partial charge < -0.3 is 15.3 Å². The van der Waals surface area contributed by atoms with E-state index in [1.807, 2.05) is 6.92 Å². The van der Waals surface area contributed by atoms with Crippen LogP contribution in [0.1, 0.15) is 44.0 Å². The standard InChI is InChI=1S/C16H23N3O3/c1-10(2)15(21)18-14-8-12(6-7-17-14)16(22)19-9-13(20)5-4-11(19)3/h6-8,10-11,13,20H,4-5,9H2,1-3H3,(H,17,18,21)/t11-,13-/m0/s1. The highest BCUT2D eigenvalue weighted by Crippen LogP contribution is 2.20. The Balaban J connectivity index is 2.14. The van der Waals surface area contributed by atoms with Crippen LogP contribution in [0.3, 0.4) is 0 Å². The highest BCUT2D eigenvalue weighted by molar-refractivity contribution is 5.97. The van der Waals surface area contributed by atoms with Gasteiger partial charge in [0.05, 0.1) is 6.10 Å². The number of nitrogens with zero attached hydrogens (tertiary/aromatic N) is 2. The predicted molar refractivity (Wildman–Crippen MR) is 83.4 cm³/mol. The molecule has 0 aromatic carbocycles. The summed E-state index contributed by atoms with van der Waals surface area (Å²) in [6, 6.07) is 3.30. The summed E-state index contributed by atoms with van der Waals surface area (Å²) in [5.74, 6) is -0.0688. The second kappa shape index (κ2) is 6.87. The summed E-state index contributed by atoms with van der Waals surface area (Å²) >= 11 is 0. The Morgan fingerprint density at radius 3 is 2.82 bits per heavy atom. The number of aromatic nitrogens is 1. The van der Waals surface area contributed by atoms with E-state index < -0.39 is 6.10 Å². The Morgan fingerprint density at radius 1 is 1.41 bits per heavy atom. The molecular formula is C16H23N3O3. The lowest BCUT2D eigenvalue weighted by molar-refractivity contribution is -0.118. The van der Waals surface area contributed by atoms with Crippen molar-refractivity contribution < 1.29 is 14.7 Å². The lowest BCUT2D eigenvalue weighted by Gasteiger charge is -2.36. The maximum Gasteiger partial charge on any atom is 0.254 e. The molecule has 2 heterocycles. The van der Waals surface area contributed by atoms with Crippen molar-refractivity contribution in [2.75, 3.05) is 11.9 Å². The van der Waals surface area contributed by atoms with Gasteiger partial charge in [-0.1, -0.05) is 13.8 Å². The first-order chi connectivity index (χ1) is 10.4. The third kappa shape index (κ3) is 3.82. The second-order valence-electron chi connectivity index (χ2n) is 6.11. The maximum atomic E-state index is 12.6. The first kappa shape index (κ1) is 16.4. The van der Waals surface area contributed by atoms with Crippen LogP contribution in [0, 0.1) is 5.92 Å². The number of pyridine rings is 1. The molecule has 0 spiro atoms. The number of amides is 2. The molecule has 2 amide bonds. The van der Waals surface area contributed by atoms with E-state index in [0.29, 0.717) is 17.9 Å². The van der Waals surface area contributed by atoms with Crippen molar-refractivity contribution in [3.8, 4) is 0 Å². The number of anilines is 1. The largest absolute Gasteiger partial charge is 0.391 e. The normalized spacial score (nSPS) is 21.8. The summed E-state index contributed by atoms with van der Waals surface area (Å²) in [6.07, 6.45) is 2.54. The molecule has 1 aromatic rings. The zero-order valence-electron chi connectivity index (χ0n) is 13.2. The van der Waals surface area contributed by atoms with Crippen LogP contribution in [0.15, 0.2) is 18.3 Å². The third-order valence-corrected chi connectivity index (χ3v) is 3.90. The van der Waals surface area contributed by atoms with E-state index in [4.69, 9.17) is 0 Å². The Morgan fingerprint density at radius 2 is 2.14 bits per heavy atom. The van der Waals surface area contributed by atoms with Crippen LogP contribution in [-0.2, 0) is 4.79 Å². The summed E-state index contributed by atoms with van der Waals surface area (Å²) in [7, 11) is 0. The molecule has 6 heteroatoms. The van der Waals surface area contributed by atoms with Gasteiger partial charge >= 0.3 is 0 Å². The summed E-state index contributed by atoms with van der Waals surface area (Å²) in [4.78, 5) is 30.1. The third-order valence-electron chi connectivity index (χ3n) is 3.90. The smallest absolute Gasteiger partial charge is 0.254 e. The number of aliphatic hydroxyl groups excluding tert-OH is 1. The van der Waals surface area contributed by atoms with Gasteiger partial charge in [0.1, 0.15) is 5.82 Å². The van der Waals surface area contributed by atoms with Gasteiger partial charge in [0.15, 0.2) is 0 Å². The fourth-order valence-corrected chi connectivity index (χ4v) is 2.44. The molecule has 1 aliphatic rings. The van der Waals surface area contributed by atoms with Crippen molar-refractivity contribution in [1.29, 1.82) is 0 Å². The number of carbonyl (C=O) groups excluding carboxylic acids is 2. The number of piperidine rings is 1. The predicted octanol–water partition coefficient (Wildman–Crippen LogP) is 1.66. The molecule has 1 fully saturated rings. The quantitative estimate of drug-likeness (QED) is 0.890. The molecule has 2 atom stereocenters. The van der Waals surface area contributed by atoms with E-state index in [2.05, 4.69) is 10.3 Å². The van der Waals surface area contributed by atoms with Gasteiger partial charge in [-0.15, -0.1) is 0 Å². The van der Waals surface area contributed by atoms with Crippen molar-refractivity contribution in [1.82, 2.24) is 9.88 Å². The molecule has 120 valence electrons. The molecule has 0 saturated carbocycles. The van der Waals surface area contributed by atoms with Crippen molar-refractivity contribution in [2.45, 2.75) is 45.8 Å². The van der Waals surface area contributed by atoms with Crippen LogP contribution >= 0.6 is 0 Å². The van der Waals surface area contributed by atoms with Crippen molar-refractivity contribution in [3.05, 3.63) is 23.9 Å². The zero-order valence-corrected chi connectivity index (χ0v) is 13.2. The lowest BCUT2D eigenvalue weighted by Crippen LogP contribution is -2.47. The molecular weight excluding hydrogens is 282 g/mol. The summed E-state index contributed by atoms with van der Waals surface area (Å²) in [6.45, 7) is 5.91.